The second-order valence-electron chi connectivity index (χ2n) is 5.54. The molecule has 0 aliphatic heterocycles. The Morgan fingerprint density at radius 3 is 2.70 bits per heavy atom. The molecular weight excluding hydrogens is 266 g/mol. The molecule has 0 saturated heterocycles. The molecule has 1 aromatic rings. The maximum absolute atomic E-state index is 5.27. The third kappa shape index (κ3) is 4.60. The van der Waals surface area contributed by atoms with Crippen molar-refractivity contribution in [2.24, 2.45) is 5.10 Å². The van der Waals surface area contributed by atoms with Gasteiger partial charge in [0, 0.05) is 6.04 Å². The molecule has 1 saturated carbocycles. The van der Waals surface area contributed by atoms with Gasteiger partial charge < -0.3 is 5.32 Å². The quantitative estimate of drug-likeness (QED) is 0.508. The molecule has 4 heteroatoms. The monoisotopic (exact) mass is 289 g/mol. The maximum Gasteiger partial charge on any atom is 0.187 e. The SMILES string of the molecule is Cc1ccc(C=NNC(=S)NC2CCCCC2)c(C)c1. The molecular formula is C16H23N3S. The van der Waals surface area contributed by atoms with Crippen LogP contribution in [0.4, 0.5) is 0 Å². The minimum absolute atomic E-state index is 0.514. The summed E-state index contributed by atoms with van der Waals surface area (Å²) in [7, 11) is 0. The highest BCUT2D eigenvalue weighted by Gasteiger charge is 2.13. The van der Waals surface area contributed by atoms with Gasteiger partial charge in [0.05, 0.1) is 6.21 Å². The van der Waals surface area contributed by atoms with Crippen molar-refractivity contribution in [1.82, 2.24) is 10.7 Å². The topological polar surface area (TPSA) is 36.4 Å². The van der Waals surface area contributed by atoms with Gasteiger partial charge in [0.25, 0.3) is 0 Å². The summed E-state index contributed by atoms with van der Waals surface area (Å²) in [6.07, 6.45) is 8.19. The molecule has 20 heavy (non-hydrogen) atoms. The summed E-state index contributed by atoms with van der Waals surface area (Å²) in [5.74, 6) is 0. The summed E-state index contributed by atoms with van der Waals surface area (Å²) >= 11 is 5.27. The van der Waals surface area contributed by atoms with Crippen molar-refractivity contribution in [2.75, 3.05) is 0 Å². The second-order valence-corrected chi connectivity index (χ2v) is 5.95. The van der Waals surface area contributed by atoms with Crippen LogP contribution in [-0.2, 0) is 0 Å². The average Bonchev–Trinajstić information content (AvgIpc) is 2.42. The van der Waals surface area contributed by atoms with Crippen LogP contribution in [-0.4, -0.2) is 17.4 Å². The van der Waals surface area contributed by atoms with E-state index in [9.17, 15) is 0 Å². The van der Waals surface area contributed by atoms with Gasteiger partial charge in [-0.15, -0.1) is 0 Å². The second kappa shape index (κ2) is 7.39. The van der Waals surface area contributed by atoms with Crippen molar-refractivity contribution in [1.29, 1.82) is 0 Å². The number of nitrogens with one attached hydrogen (secondary N) is 2. The van der Waals surface area contributed by atoms with Gasteiger partial charge in [0.1, 0.15) is 0 Å². The van der Waals surface area contributed by atoms with Crippen LogP contribution in [0.5, 0.6) is 0 Å². The van der Waals surface area contributed by atoms with E-state index < -0.39 is 0 Å². The van der Waals surface area contributed by atoms with Crippen LogP contribution in [0.3, 0.4) is 0 Å². The fourth-order valence-corrected chi connectivity index (χ4v) is 2.81. The number of benzene rings is 1. The molecule has 3 nitrogen and oxygen atoms in total. The normalized spacial score (nSPS) is 16.3. The van der Waals surface area contributed by atoms with Crippen molar-refractivity contribution in [3.8, 4) is 0 Å². The Hall–Kier alpha value is -1.42. The smallest absolute Gasteiger partial charge is 0.187 e. The predicted molar refractivity (Wildman–Crippen MR) is 89.3 cm³/mol. The molecule has 1 aliphatic rings. The third-order valence-corrected chi connectivity index (χ3v) is 3.94. The summed E-state index contributed by atoms with van der Waals surface area (Å²) in [6, 6.07) is 6.83. The fraction of sp³-hybridized carbons (Fsp3) is 0.500. The molecule has 1 aromatic carbocycles. The van der Waals surface area contributed by atoms with Crippen LogP contribution in [0.15, 0.2) is 23.3 Å². The first-order valence-electron chi connectivity index (χ1n) is 7.32. The predicted octanol–water partition coefficient (Wildman–Crippen LogP) is 3.43. The van der Waals surface area contributed by atoms with Crippen molar-refractivity contribution in [3.63, 3.8) is 0 Å². The van der Waals surface area contributed by atoms with Crippen molar-refractivity contribution >= 4 is 23.5 Å². The minimum atomic E-state index is 0.514. The van der Waals surface area contributed by atoms with Gasteiger partial charge in [-0.3, -0.25) is 5.43 Å². The number of hydrogen-bond donors (Lipinski definition) is 2. The lowest BCUT2D eigenvalue weighted by Gasteiger charge is -2.23. The van der Waals surface area contributed by atoms with Gasteiger partial charge in [-0.05, 0) is 50.0 Å². The Morgan fingerprint density at radius 1 is 1.25 bits per heavy atom. The molecule has 0 unspecified atom stereocenters. The number of nitrogens with zero attached hydrogens (tertiary/aromatic N) is 1. The van der Waals surface area contributed by atoms with E-state index in [4.69, 9.17) is 12.2 Å². The molecule has 2 rings (SSSR count). The van der Waals surface area contributed by atoms with Gasteiger partial charge in [-0.2, -0.15) is 5.10 Å². The molecule has 0 amide bonds. The minimum Gasteiger partial charge on any atom is -0.359 e. The van der Waals surface area contributed by atoms with Crippen LogP contribution in [0.25, 0.3) is 0 Å². The van der Waals surface area contributed by atoms with Gasteiger partial charge >= 0.3 is 0 Å². The molecule has 2 N–H and O–H groups in total. The summed E-state index contributed by atoms with van der Waals surface area (Å²) in [5.41, 5.74) is 6.51. The largest absolute Gasteiger partial charge is 0.359 e. The maximum atomic E-state index is 5.27. The summed E-state index contributed by atoms with van der Waals surface area (Å²) in [6.45, 7) is 4.18. The summed E-state index contributed by atoms with van der Waals surface area (Å²) in [5, 5.41) is 8.18. The standard InChI is InChI=1S/C16H23N3S/c1-12-8-9-14(13(2)10-12)11-17-19-16(20)18-15-6-4-3-5-7-15/h8-11,15H,3-7H2,1-2H3,(H2,18,19,20). The third-order valence-electron chi connectivity index (χ3n) is 3.74. The molecule has 0 radical (unpaired) electrons. The van der Waals surface area contributed by atoms with Gasteiger partial charge in [0.2, 0.25) is 0 Å². The Bertz CT molecular complexity index is 490. The lowest BCUT2D eigenvalue weighted by Crippen LogP contribution is -2.40. The lowest BCUT2D eigenvalue weighted by atomic mass is 9.96. The van der Waals surface area contributed by atoms with Crippen molar-refractivity contribution < 1.29 is 0 Å². The first-order chi connectivity index (χ1) is 9.65. The van der Waals surface area contributed by atoms with Crippen LogP contribution in [0.2, 0.25) is 0 Å². The number of thiocarbonyl (C=S) groups is 1. The summed E-state index contributed by atoms with van der Waals surface area (Å²) < 4.78 is 0. The first-order valence-corrected chi connectivity index (χ1v) is 7.73. The van der Waals surface area contributed by atoms with Crippen LogP contribution < -0.4 is 10.7 Å². The van der Waals surface area contributed by atoms with Crippen LogP contribution in [0.1, 0.15) is 48.8 Å². The molecule has 1 fully saturated rings. The molecule has 0 spiro atoms. The van der Waals surface area contributed by atoms with E-state index in [-0.39, 0.29) is 0 Å². The van der Waals surface area contributed by atoms with E-state index in [1.807, 2.05) is 6.21 Å². The number of hydrazone groups is 1. The Morgan fingerprint density at radius 2 is 2.00 bits per heavy atom. The molecule has 0 atom stereocenters. The van der Waals surface area contributed by atoms with Crippen LogP contribution in [0, 0.1) is 13.8 Å². The van der Waals surface area contributed by atoms with Gasteiger partial charge in [0.15, 0.2) is 5.11 Å². The van der Waals surface area contributed by atoms with E-state index in [2.05, 4.69) is 47.9 Å². The zero-order chi connectivity index (χ0) is 14.4. The Balaban J connectivity index is 1.81. The number of hydrogen-bond acceptors (Lipinski definition) is 2. The van der Waals surface area contributed by atoms with Crippen molar-refractivity contribution in [3.05, 3.63) is 34.9 Å². The molecule has 0 aromatic heterocycles. The average molecular weight is 289 g/mol. The highest BCUT2D eigenvalue weighted by molar-refractivity contribution is 7.80. The number of rotatable bonds is 3. The van der Waals surface area contributed by atoms with Crippen LogP contribution >= 0.6 is 12.2 Å². The Labute approximate surface area is 126 Å². The molecule has 1 aliphatic carbocycles. The van der Waals surface area contributed by atoms with E-state index in [0.29, 0.717) is 11.2 Å². The number of aryl methyl sites for hydroxylation is 2. The first kappa shape index (κ1) is 15.0. The molecule has 108 valence electrons. The van der Waals surface area contributed by atoms with E-state index in [0.717, 1.165) is 5.56 Å². The lowest BCUT2D eigenvalue weighted by molar-refractivity contribution is 0.412. The van der Waals surface area contributed by atoms with E-state index >= 15 is 0 Å². The molecule has 0 bridgehead atoms. The highest BCUT2D eigenvalue weighted by Crippen LogP contribution is 2.17. The summed E-state index contributed by atoms with van der Waals surface area (Å²) in [4.78, 5) is 0. The van der Waals surface area contributed by atoms with Gasteiger partial charge in [-0.1, -0.05) is 43.0 Å². The molecule has 0 heterocycles. The highest BCUT2D eigenvalue weighted by atomic mass is 32.1. The zero-order valence-corrected chi connectivity index (χ0v) is 13.1. The van der Waals surface area contributed by atoms with Crippen molar-refractivity contribution in [2.45, 2.75) is 52.0 Å². The van der Waals surface area contributed by atoms with Gasteiger partial charge in [-0.25, -0.2) is 0 Å². The Kier molecular flexibility index (Phi) is 5.53. The van der Waals surface area contributed by atoms with E-state index in [1.165, 1.54) is 43.2 Å². The zero-order valence-electron chi connectivity index (χ0n) is 12.3. The van der Waals surface area contributed by atoms with E-state index in [1.54, 1.807) is 0 Å². The fourth-order valence-electron chi connectivity index (χ4n) is 2.60.